The monoisotopic (exact) mass is 1100 g/mol. The summed E-state index contributed by atoms with van der Waals surface area (Å²) in [5.74, 6) is 4.35. The number of nitrogens with zero attached hydrogens (tertiary/aromatic N) is 2. The molecule has 6 N–H and O–H groups in total. The minimum atomic E-state index is -4.12. The highest BCUT2D eigenvalue weighted by molar-refractivity contribution is 7.90. The van der Waals surface area contributed by atoms with Gasteiger partial charge < -0.3 is 26.4 Å². The Kier molecular flexibility index (Phi) is 16.8. The molecule has 0 aromatic heterocycles. The summed E-state index contributed by atoms with van der Waals surface area (Å²) in [6.45, 7) is 14.5. The van der Waals surface area contributed by atoms with Crippen molar-refractivity contribution in [2.45, 2.75) is 213 Å². The third kappa shape index (κ3) is 11.7. The molecule has 16 nitrogen and oxygen atoms in total. The molecule has 1 aliphatic heterocycles. The maximum absolute atomic E-state index is 13.5. The van der Waals surface area contributed by atoms with Crippen molar-refractivity contribution < 1.29 is 45.7 Å². The van der Waals surface area contributed by atoms with Crippen LogP contribution >= 0.6 is 0 Å². The molecule has 8 aliphatic carbocycles. The summed E-state index contributed by atoms with van der Waals surface area (Å²) in [4.78, 5) is 52.1. The van der Waals surface area contributed by atoms with Gasteiger partial charge in [-0.05, 0) is 202 Å². The maximum atomic E-state index is 13.5. The van der Waals surface area contributed by atoms with Crippen LogP contribution in [-0.2, 0) is 39.1 Å². The highest BCUT2D eigenvalue weighted by atomic mass is 32.2. The van der Waals surface area contributed by atoms with Crippen molar-refractivity contribution >= 4 is 43.6 Å². The van der Waals surface area contributed by atoms with Gasteiger partial charge in [0.2, 0.25) is 23.6 Å². The van der Waals surface area contributed by atoms with Gasteiger partial charge in [0.05, 0.1) is 17.6 Å². The quantitative estimate of drug-likeness (QED) is 0.0638. The van der Waals surface area contributed by atoms with Crippen molar-refractivity contribution in [2.24, 2.45) is 103 Å². The third-order valence-corrected chi connectivity index (χ3v) is 25.6. The Morgan fingerprint density at radius 1 is 0.579 bits per heavy atom. The molecule has 0 aromatic rings. The van der Waals surface area contributed by atoms with Gasteiger partial charge >= 0.3 is 0 Å². The first-order valence-electron chi connectivity index (χ1n) is 30.0. The zero-order valence-electron chi connectivity index (χ0n) is 47.1. The molecule has 0 bridgehead atoms. The van der Waals surface area contributed by atoms with E-state index in [1.807, 2.05) is 0 Å². The lowest BCUT2D eigenvalue weighted by atomic mass is 9.42. The van der Waals surface area contributed by atoms with E-state index in [0.29, 0.717) is 97.2 Å². The van der Waals surface area contributed by atoms with Gasteiger partial charge in [-0.3, -0.25) is 23.7 Å². The number of hydrogen-bond acceptors (Lipinski definition) is 11. The molecule has 0 aromatic carbocycles. The predicted octanol–water partition coefficient (Wildman–Crippen LogP) is 8.18. The van der Waals surface area contributed by atoms with E-state index in [2.05, 4.69) is 62.8 Å². The Hall–Kier alpha value is -2.70. The lowest BCUT2D eigenvalue weighted by molar-refractivity contribution is -0.167. The fourth-order valence-corrected chi connectivity index (χ4v) is 20.8. The van der Waals surface area contributed by atoms with Crippen LogP contribution in [0.2, 0.25) is 0 Å². The number of amides is 4. The van der Waals surface area contributed by atoms with Gasteiger partial charge in [0, 0.05) is 69.5 Å². The third-order valence-electron chi connectivity index (χ3n) is 24.0. The number of carbonyl (C=O) groups excluding carboxylic acids is 4. The number of carbonyl (C=O) groups is 4. The molecule has 9 aliphatic rings. The molecule has 76 heavy (non-hydrogen) atoms. The number of aliphatic hydroxyl groups is 1. The highest BCUT2D eigenvalue weighted by Gasteiger charge is 2.71. The standard InChI is InChI=1S/C58H96N6O10S2/c1-35(11-18-49(67)60-28-30-76(72,73)74)41-13-15-43-52-44(21-25-56(41,43)5)54(3)23-19-39(31-37(54)33-47(52)65)61-50(68)9-8-10-51(69)62-40-20-24-55(4)38(32-40)34-58(63-64-58)53-45-16-14-42(57(45,6)26-22-46(53)55)36(2)12-17-48(66)59-27-29-75(7,70)71/h35-47,52-53,65H,8-34H2,1-7H3,(H,59,66)(H,60,67)(H,61,68)(H,62,69)(H,72,73,74)/t35-,36-,37?,38?,39-,40-,41-,42-,43+,44+,45+,46+,47+,52+,53+,54+,55+,56-,57-/m1/s1. The average Bonchev–Trinajstić information content (AvgIpc) is 3.96. The van der Waals surface area contributed by atoms with E-state index < -0.39 is 25.7 Å². The smallest absolute Gasteiger partial charge is 0.266 e. The van der Waals surface area contributed by atoms with Gasteiger partial charge in [-0.1, -0.05) is 41.5 Å². The van der Waals surface area contributed by atoms with Gasteiger partial charge in [-0.2, -0.15) is 18.6 Å². The van der Waals surface area contributed by atoms with Crippen LogP contribution in [0, 0.1) is 92.7 Å². The van der Waals surface area contributed by atoms with E-state index in [-0.39, 0.29) is 93.9 Å². The second-order valence-electron chi connectivity index (χ2n) is 28.1. The number of aliphatic hydroxyl groups excluding tert-OH is 1. The second kappa shape index (κ2) is 22.0. The molecule has 18 heteroatoms. The van der Waals surface area contributed by atoms with Crippen molar-refractivity contribution in [2.75, 3.05) is 30.9 Å². The van der Waals surface area contributed by atoms with Crippen LogP contribution in [0.3, 0.4) is 0 Å². The van der Waals surface area contributed by atoms with Crippen molar-refractivity contribution in [1.29, 1.82) is 0 Å². The molecular formula is C58H96N6O10S2. The van der Waals surface area contributed by atoms with E-state index in [4.69, 9.17) is 14.8 Å². The zero-order chi connectivity index (χ0) is 54.8. The Labute approximate surface area is 455 Å². The second-order valence-corrected chi connectivity index (χ2v) is 31.9. The minimum Gasteiger partial charge on any atom is -0.393 e. The molecule has 430 valence electrons. The normalized spacial score (nSPS) is 41.7. The molecule has 8 fully saturated rings. The van der Waals surface area contributed by atoms with E-state index in [0.717, 1.165) is 96.3 Å². The topological polar surface area (TPSA) is 250 Å². The highest BCUT2D eigenvalue weighted by Crippen LogP contribution is 2.73. The molecule has 0 saturated heterocycles. The van der Waals surface area contributed by atoms with Crippen LogP contribution in [0.5, 0.6) is 0 Å². The fourth-order valence-electron chi connectivity index (χ4n) is 20.0. The SMILES string of the molecule is C[C@H](CCC(=O)NCCS(=O)(=O)O)[C@H]1CC[C@H]2[C@@H]3[C@@H](O)CC4C[C@H](NC(=O)CCCC(=O)N[C@@H]5CC[C@@]6(C)C(C5)CC5(N=N5)[C@H]5[C@@H]7CC[C@H]([C@H](C)CCC(=O)NCCS(C)(=O)=O)[C@@]7(C)CC[C@@H]56)CC[C@]4(C)[C@H]3CC[C@]12C. The van der Waals surface area contributed by atoms with Gasteiger partial charge in [-0.25, -0.2) is 8.42 Å². The Morgan fingerprint density at radius 3 is 1.58 bits per heavy atom. The van der Waals surface area contributed by atoms with Crippen molar-refractivity contribution in [3.8, 4) is 0 Å². The van der Waals surface area contributed by atoms with Crippen LogP contribution in [0.15, 0.2) is 10.2 Å². The molecule has 2 unspecified atom stereocenters. The fraction of sp³-hybridized carbons (Fsp3) is 0.931. The lowest BCUT2D eigenvalue weighted by Gasteiger charge is -2.62. The summed E-state index contributed by atoms with van der Waals surface area (Å²) in [5.41, 5.74) is 0.247. The summed E-state index contributed by atoms with van der Waals surface area (Å²) in [6.07, 6.45) is 20.8. The molecule has 0 radical (unpaired) electrons. The number of nitrogens with one attached hydrogen (secondary N) is 4. The summed E-state index contributed by atoms with van der Waals surface area (Å²) in [7, 11) is -7.24. The number of sulfone groups is 1. The van der Waals surface area contributed by atoms with Crippen LogP contribution in [0.1, 0.15) is 189 Å². The van der Waals surface area contributed by atoms with Gasteiger partial charge in [0.25, 0.3) is 10.1 Å². The first-order chi connectivity index (χ1) is 35.7. The molecule has 1 spiro atoms. The number of rotatable bonds is 20. The molecular weight excluding hydrogens is 1000 g/mol. The van der Waals surface area contributed by atoms with Gasteiger partial charge in [0.1, 0.15) is 9.84 Å². The van der Waals surface area contributed by atoms with Crippen LogP contribution in [-0.4, -0.2) is 105 Å². The molecule has 9 rings (SSSR count). The first kappa shape index (κ1) is 58.0. The van der Waals surface area contributed by atoms with Gasteiger partial charge in [0.15, 0.2) is 5.66 Å². The number of hydrogen-bond donors (Lipinski definition) is 6. The maximum Gasteiger partial charge on any atom is 0.266 e. The lowest BCUT2D eigenvalue weighted by Crippen LogP contribution is -2.60. The molecule has 1 heterocycles. The van der Waals surface area contributed by atoms with Crippen LogP contribution < -0.4 is 21.3 Å². The van der Waals surface area contributed by atoms with Crippen LogP contribution in [0.25, 0.3) is 0 Å². The minimum absolute atomic E-state index is 0.0104. The summed E-state index contributed by atoms with van der Waals surface area (Å²) < 4.78 is 54.2. The van der Waals surface area contributed by atoms with E-state index in [1.165, 1.54) is 25.5 Å². The van der Waals surface area contributed by atoms with Crippen molar-refractivity contribution in [3.63, 3.8) is 0 Å². The predicted molar refractivity (Wildman–Crippen MR) is 291 cm³/mol. The van der Waals surface area contributed by atoms with E-state index >= 15 is 0 Å². The zero-order valence-corrected chi connectivity index (χ0v) is 48.8. The van der Waals surface area contributed by atoms with E-state index in [9.17, 15) is 41.1 Å². The summed E-state index contributed by atoms with van der Waals surface area (Å²) in [6, 6.07) is 0.184. The average molecular weight is 1100 g/mol. The molecule has 8 saturated carbocycles. The summed E-state index contributed by atoms with van der Waals surface area (Å²) in [5, 5.41) is 34.0. The Balaban J connectivity index is 0.699. The number of fused-ring (bicyclic) bond motifs is 11. The Bertz CT molecular complexity index is 2440. The largest absolute Gasteiger partial charge is 0.393 e. The first-order valence-corrected chi connectivity index (χ1v) is 33.7. The van der Waals surface area contributed by atoms with Crippen molar-refractivity contribution in [3.05, 3.63) is 0 Å². The molecule has 19 atom stereocenters. The van der Waals surface area contributed by atoms with Crippen LogP contribution in [0.4, 0.5) is 0 Å². The van der Waals surface area contributed by atoms with Gasteiger partial charge in [-0.15, -0.1) is 0 Å². The molecule has 4 amide bonds. The van der Waals surface area contributed by atoms with Crippen molar-refractivity contribution in [1.82, 2.24) is 21.3 Å². The Morgan fingerprint density at radius 2 is 1.04 bits per heavy atom. The van der Waals surface area contributed by atoms with E-state index in [1.54, 1.807) is 0 Å². The summed E-state index contributed by atoms with van der Waals surface area (Å²) >= 11 is 0.